The van der Waals surface area contributed by atoms with Gasteiger partial charge < -0.3 is 5.11 Å². The van der Waals surface area contributed by atoms with Gasteiger partial charge in [0.25, 0.3) is 0 Å². The topological polar surface area (TPSA) is 37.3 Å². The highest BCUT2D eigenvalue weighted by atomic mass is 16.3. The zero-order valence-electron chi connectivity index (χ0n) is 20.0. The van der Waals surface area contributed by atoms with Gasteiger partial charge in [-0.3, -0.25) is 4.79 Å². The lowest BCUT2D eigenvalue weighted by Gasteiger charge is -2.51. The van der Waals surface area contributed by atoms with Gasteiger partial charge in [-0.25, -0.2) is 0 Å². The Bertz CT molecular complexity index is 799. The molecule has 0 aliphatic heterocycles. The fourth-order valence-corrected chi connectivity index (χ4v) is 7.30. The summed E-state index contributed by atoms with van der Waals surface area (Å²) < 4.78 is 0. The first-order valence-electron chi connectivity index (χ1n) is 12.4. The molecule has 0 radical (unpaired) electrons. The lowest BCUT2D eigenvalue weighted by molar-refractivity contribution is -0.113. The molecule has 30 heavy (non-hydrogen) atoms. The first-order chi connectivity index (χ1) is 14.1. The first kappa shape index (κ1) is 22.1. The molecule has 0 aromatic rings. The van der Waals surface area contributed by atoms with Gasteiger partial charge in [0.2, 0.25) is 0 Å². The fourth-order valence-electron chi connectivity index (χ4n) is 7.30. The molecule has 2 unspecified atom stereocenters. The Labute approximate surface area is 183 Å². The summed E-state index contributed by atoms with van der Waals surface area (Å²) >= 11 is 0. The standard InChI is InChI=1S/C28H42O2/c1-17(2)18(3)7-8-19(4)22-9-10-23-26-24(12-14-28(22,23)6)27(5)13-11-21(29)15-20(27)16-25(26)30/h7-8,16-19,21-23,29H,9-15H2,1-6H3/b8-7+/t18?,19?,21-,22+,23-,27-,28+/m0/s1. The number of hydrogen-bond acceptors (Lipinski definition) is 2. The third-order valence-electron chi connectivity index (χ3n) is 9.78. The maximum absolute atomic E-state index is 13.4. The van der Waals surface area contributed by atoms with E-state index in [1.54, 1.807) is 0 Å². The summed E-state index contributed by atoms with van der Waals surface area (Å²) in [6.07, 6.45) is 13.7. The van der Waals surface area contributed by atoms with Gasteiger partial charge in [0.1, 0.15) is 0 Å². The number of aliphatic hydroxyl groups is 1. The third kappa shape index (κ3) is 3.38. The van der Waals surface area contributed by atoms with Crippen LogP contribution in [0, 0.1) is 40.4 Å². The SMILES string of the molecule is CC(C)C(C)/C=C/C(C)[C@H]1CC[C@H]2C3=C(CC[C@]12C)[C@@]1(C)CC[C@H](O)CC1=CC3=O. The van der Waals surface area contributed by atoms with Crippen molar-refractivity contribution in [2.75, 3.05) is 0 Å². The number of aliphatic hydroxyl groups excluding tert-OH is 1. The maximum atomic E-state index is 13.4. The molecule has 0 aromatic heterocycles. The highest BCUT2D eigenvalue weighted by molar-refractivity contribution is 6.07. The molecule has 2 fully saturated rings. The van der Waals surface area contributed by atoms with Crippen LogP contribution in [-0.4, -0.2) is 17.0 Å². The number of fused-ring (bicyclic) bond motifs is 4. The fraction of sp³-hybridized carbons (Fsp3) is 0.750. The summed E-state index contributed by atoms with van der Waals surface area (Å²) in [4.78, 5) is 13.4. The van der Waals surface area contributed by atoms with Crippen molar-refractivity contribution in [1.29, 1.82) is 0 Å². The lowest BCUT2D eigenvalue weighted by Crippen LogP contribution is -2.44. The molecule has 1 N–H and O–H groups in total. The number of carbonyl (C=O) groups is 1. The molecule has 7 atom stereocenters. The van der Waals surface area contributed by atoms with Crippen LogP contribution >= 0.6 is 0 Å². The molecular formula is C28H42O2. The van der Waals surface area contributed by atoms with Crippen LogP contribution < -0.4 is 0 Å². The number of allylic oxidation sites excluding steroid dienone is 5. The van der Waals surface area contributed by atoms with Gasteiger partial charge >= 0.3 is 0 Å². The molecule has 4 rings (SSSR count). The Morgan fingerprint density at radius 3 is 2.50 bits per heavy atom. The number of rotatable bonds is 4. The zero-order chi connectivity index (χ0) is 21.8. The van der Waals surface area contributed by atoms with Crippen LogP contribution in [0.1, 0.15) is 86.5 Å². The second kappa shape index (κ2) is 7.76. The Balaban J connectivity index is 1.62. The van der Waals surface area contributed by atoms with Gasteiger partial charge in [0.05, 0.1) is 6.10 Å². The number of carbonyl (C=O) groups excluding carboxylic acids is 1. The van der Waals surface area contributed by atoms with Crippen LogP contribution in [-0.2, 0) is 4.79 Å². The smallest absolute Gasteiger partial charge is 0.182 e. The van der Waals surface area contributed by atoms with Crippen LogP contribution in [0.25, 0.3) is 0 Å². The van der Waals surface area contributed by atoms with Crippen LogP contribution in [0.15, 0.2) is 34.9 Å². The quantitative estimate of drug-likeness (QED) is 0.527. The minimum absolute atomic E-state index is 0.0140. The van der Waals surface area contributed by atoms with Crippen molar-refractivity contribution in [3.63, 3.8) is 0 Å². The summed E-state index contributed by atoms with van der Waals surface area (Å²) in [5.41, 5.74) is 4.06. The molecular weight excluding hydrogens is 368 g/mol. The summed E-state index contributed by atoms with van der Waals surface area (Å²) in [5, 5.41) is 10.2. The Morgan fingerprint density at radius 1 is 1.07 bits per heavy atom. The molecule has 4 aliphatic rings. The molecule has 166 valence electrons. The van der Waals surface area contributed by atoms with Gasteiger partial charge in [-0.1, -0.05) is 64.8 Å². The Hall–Kier alpha value is -1.15. The molecule has 0 heterocycles. The summed E-state index contributed by atoms with van der Waals surface area (Å²) in [6, 6.07) is 0. The van der Waals surface area contributed by atoms with Gasteiger partial charge in [-0.2, -0.15) is 0 Å². The van der Waals surface area contributed by atoms with E-state index in [9.17, 15) is 9.90 Å². The highest BCUT2D eigenvalue weighted by Crippen LogP contribution is 2.64. The number of ketones is 1. The molecule has 0 amide bonds. The molecule has 2 saturated carbocycles. The molecule has 0 aromatic carbocycles. The third-order valence-corrected chi connectivity index (χ3v) is 9.78. The second-order valence-corrected chi connectivity index (χ2v) is 11.7. The van der Waals surface area contributed by atoms with E-state index < -0.39 is 0 Å². The molecule has 2 nitrogen and oxygen atoms in total. The van der Waals surface area contributed by atoms with Crippen molar-refractivity contribution in [2.24, 2.45) is 40.4 Å². The molecule has 4 aliphatic carbocycles. The van der Waals surface area contributed by atoms with Crippen molar-refractivity contribution in [3.05, 3.63) is 34.9 Å². The van der Waals surface area contributed by atoms with E-state index in [4.69, 9.17) is 0 Å². The summed E-state index contributed by atoms with van der Waals surface area (Å²) in [7, 11) is 0. The van der Waals surface area contributed by atoms with Crippen molar-refractivity contribution in [2.45, 2.75) is 92.6 Å². The monoisotopic (exact) mass is 410 g/mol. The van der Waals surface area contributed by atoms with Crippen LogP contribution in [0.3, 0.4) is 0 Å². The van der Waals surface area contributed by atoms with E-state index in [2.05, 4.69) is 53.7 Å². The molecule has 0 saturated heterocycles. The zero-order valence-corrected chi connectivity index (χ0v) is 20.0. The molecule has 0 bridgehead atoms. The maximum Gasteiger partial charge on any atom is 0.182 e. The van der Waals surface area contributed by atoms with Gasteiger partial charge in [-0.15, -0.1) is 0 Å². The Morgan fingerprint density at radius 2 is 1.80 bits per heavy atom. The first-order valence-corrected chi connectivity index (χ1v) is 12.4. The second-order valence-electron chi connectivity index (χ2n) is 11.7. The largest absolute Gasteiger partial charge is 0.393 e. The van der Waals surface area contributed by atoms with Gasteiger partial charge in [-0.05, 0) is 86.0 Å². The van der Waals surface area contributed by atoms with E-state index in [1.807, 2.05) is 6.08 Å². The molecule has 0 spiro atoms. The van der Waals surface area contributed by atoms with Crippen molar-refractivity contribution >= 4 is 5.78 Å². The van der Waals surface area contributed by atoms with Crippen molar-refractivity contribution in [3.8, 4) is 0 Å². The number of hydrogen-bond donors (Lipinski definition) is 1. The van der Waals surface area contributed by atoms with E-state index in [1.165, 1.54) is 29.6 Å². The van der Waals surface area contributed by atoms with Crippen LogP contribution in [0.5, 0.6) is 0 Å². The van der Waals surface area contributed by atoms with E-state index in [-0.39, 0.29) is 22.7 Å². The van der Waals surface area contributed by atoms with Gasteiger partial charge in [0.15, 0.2) is 5.78 Å². The minimum Gasteiger partial charge on any atom is -0.393 e. The molecule has 2 heteroatoms. The predicted molar refractivity (Wildman–Crippen MR) is 124 cm³/mol. The van der Waals surface area contributed by atoms with E-state index >= 15 is 0 Å². The van der Waals surface area contributed by atoms with E-state index in [0.29, 0.717) is 36.0 Å². The highest BCUT2D eigenvalue weighted by Gasteiger charge is 2.56. The van der Waals surface area contributed by atoms with Crippen molar-refractivity contribution in [1.82, 2.24) is 0 Å². The van der Waals surface area contributed by atoms with Gasteiger partial charge in [0, 0.05) is 11.0 Å². The lowest BCUT2D eigenvalue weighted by atomic mass is 9.53. The average molecular weight is 411 g/mol. The minimum atomic E-state index is -0.273. The summed E-state index contributed by atoms with van der Waals surface area (Å²) in [5.74, 6) is 3.19. The van der Waals surface area contributed by atoms with Crippen LogP contribution in [0.2, 0.25) is 0 Å². The normalized spacial score (nSPS) is 40.9. The predicted octanol–water partition coefficient (Wildman–Crippen LogP) is 6.65. The van der Waals surface area contributed by atoms with E-state index in [0.717, 1.165) is 25.7 Å². The van der Waals surface area contributed by atoms with Crippen LogP contribution in [0.4, 0.5) is 0 Å². The van der Waals surface area contributed by atoms with Crippen molar-refractivity contribution < 1.29 is 9.90 Å². The Kier molecular flexibility index (Phi) is 5.71. The summed E-state index contributed by atoms with van der Waals surface area (Å²) in [6.45, 7) is 14.1. The average Bonchev–Trinajstić information content (AvgIpc) is 3.04.